The maximum atomic E-state index is 12.1. The fraction of sp³-hybridized carbons (Fsp3) is 0.438. The van der Waals surface area contributed by atoms with Crippen LogP contribution in [0, 0.1) is 0 Å². The molecule has 3 N–H and O–H groups in total. The van der Waals surface area contributed by atoms with E-state index in [1.165, 1.54) is 18.2 Å². The molecule has 1 atom stereocenters. The number of hydrogen-bond acceptors (Lipinski definition) is 5. The lowest BCUT2D eigenvalue weighted by atomic mass is 10.1. The summed E-state index contributed by atoms with van der Waals surface area (Å²) in [6.07, 6.45) is 3.13. The van der Waals surface area contributed by atoms with Crippen LogP contribution in [0.15, 0.2) is 33.9 Å². The average Bonchev–Trinajstić information content (AvgIpc) is 3.24. The lowest BCUT2D eigenvalue weighted by Gasteiger charge is -2.08. The fourth-order valence-corrected chi connectivity index (χ4v) is 3.26. The molecule has 6 nitrogen and oxygen atoms in total. The second-order valence-corrected chi connectivity index (χ2v) is 6.45. The number of quaternary nitrogens is 1. The van der Waals surface area contributed by atoms with E-state index in [0.717, 1.165) is 30.6 Å². The molecule has 1 fully saturated rings. The fourth-order valence-electron chi connectivity index (χ4n) is 2.69. The second kappa shape index (κ2) is 7.61. The van der Waals surface area contributed by atoms with Crippen LogP contribution in [0.4, 0.5) is 5.69 Å². The van der Waals surface area contributed by atoms with E-state index in [9.17, 15) is 4.79 Å². The van der Waals surface area contributed by atoms with Gasteiger partial charge in [0, 0.05) is 18.5 Å². The summed E-state index contributed by atoms with van der Waals surface area (Å²) in [6, 6.07) is 8.11. The summed E-state index contributed by atoms with van der Waals surface area (Å²) in [4.78, 5) is 12.1. The molecule has 0 radical (unpaired) electrons. The zero-order chi connectivity index (χ0) is 16.1. The molecular weight excluding hydrogens is 312 g/mol. The number of benzene rings is 1. The van der Waals surface area contributed by atoms with Crippen LogP contribution >= 0.6 is 11.8 Å². The minimum absolute atomic E-state index is 0.0666. The number of aromatic nitrogens is 2. The molecule has 2 heterocycles. The monoisotopic (exact) mass is 333 g/mol. The lowest BCUT2D eigenvalue weighted by Crippen LogP contribution is -2.81. The van der Waals surface area contributed by atoms with Gasteiger partial charge in [0.1, 0.15) is 0 Å². The summed E-state index contributed by atoms with van der Waals surface area (Å²) in [6.45, 7) is 3.18. The number of nitrogens with two attached hydrogens (primary N) is 1. The molecule has 2 aromatic rings. The van der Waals surface area contributed by atoms with Crippen molar-refractivity contribution in [2.24, 2.45) is 0 Å². The smallest absolute Gasteiger partial charge is 0.277 e. The molecule has 23 heavy (non-hydrogen) atoms. The predicted octanol–water partition coefficient (Wildman–Crippen LogP) is 1.76. The van der Waals surface area contributed by atoms with Crippen molar-refractivity contribution in [3.8, 4) is 0 Å². The third-order valence-electron chi connectivity index (χ3n) is 3.91. The van der Waals surface area contributed by atoms with Gasteiger partial charge in [0.05, 0.1) is 12.3 Å². The number of para-hydroxylation sites is 1. The Morgan fingerprint density at radius 2 is 2.30 bits per heavy atom. The number of nitrogens with one attached hydrogen (secondary N) is 1. The third-order valence-corrected chi connectivity index (χ3v) is 4.73. The zero-order valence-corrected chi connectivity index (χ0v) is 13.9. The number of anilines is 1. The Morgan fingerprint density at radius 1 is 1.43 bits per heavy atom. The van der Waals surface area contributed by atoms with Crippen LogP contribution in [0.2, 0.25) is 0 Å². The number of amides is 1. The molecule has 3 rings (SSSR count). The maximum Gasteiger partial charge on any atom is 0.277 e. The minimum atomic E-state index is -0.0666. The Labute approximate surface area is 139 Å². The van der Waals surface area contributed by atoms with Gasteiger partial charge < -0.3 is 15.1 Å². The molecule has 122 valence electrons. The Balaban J connectivity index is 1.52. The van der Waals surface area contributed by atoms with Gasteiger partial charge in [-0.1, -0.05) is 36.9 Å². The van der Waals surface area contributed by atoms with Crippen molar-refractivity contribution in [3.63, 3.8) is 0 Å². The predicted molar refractivity (Wildman–Crippen MR) is 88.2 cm³/mol. The highest BCUT2D eigenvalue weighted by molar-refractivity contribution is 7.99. The standard InChI is InChI=1S/C16H20N4O2S/c1-2-11-6-3-4-7-12(11)18-14(21)10-23-16-20-19-15(22-16)13-8-5-9-17-13/h3-4,6-7,13,17H,2,5,8-10H2,1H3,(H,18,21)/p+1/t13-/m0/s1. The Kier molecular flexibility index (Phi) is 5.30. The van der Waals surface area contributed by atoms with Gasteiger partial charge in [0.2, 0.25) is 5.91 Å². The molecule has 0 bridgehead atoms. The van der Waals surface area contributed by atoms with Crippen molar-refractivity contribution in [2.75, 3.05) is 17.6 Å². The summed E-state index contributed by atoms with van der Waals surface area (Å²) in [5.74, 6) is 0.860. The molecule has 1 saturated heterocycles. The van der Waals surface area contributed by atoms with Crippen molar-refractivity contribution >= 4 is 23.4 Å². The van der Waals surface area contributed by atoms with Crippen LogP contribution in [-0.4, -0.2) is 28.4 Å². The molecule has 7 heteroatoms. The van der Waals surface area contributed by atoms with Crippen LogP contribution < -0.4 is 10.6 Å². The van der Waals surface area contributed by atoms with E-state index < -0.39 is 0 Å². The van der Waals surface area contributed by atoms with E-state index in [4.69, 9.17) is 4.42 Å². The molecular formula is C16H21N4O2S+. The van der Waals surface area contributed by atoms with Crippen molar-refractivity contribution in [3.05, 3.63) is 35.7 Å². The zero-order valence-electron chi connectivity index (χ0n) is 13.1. The average molecular weight is 333 g/mol. The molecule has 0 unspecified atom stereocenters. The van der Waals surface area contributed by atoms with Crippen molar-refractivity contribution < 1.29 is 14.5 Å². The van der Waals surface area contributed by atoms with Crippen LogP contribution in [-0.2, 0) is 11.2 Å². The summed E-state index contributed by atoms with van der Waals surface area (Å²) >= 11 is 1.27. The molecule has 1 aliphatic rings. The van der Waals surface area contributed by atoms with Crippen LogP contribution in [0.5, 0.6) is 0 Å². The minimum Gasteiger partial charge on any atom is -0.410 e. The van der Waals surface area contributed by atoms with E-state index in [1.54, 1.807) is 0 Å². The number of carbonyl (C=O) groups is 1. The topological polar surface area (TPSA) is 84.6 Å². The molecule has 1 aromatic carbocycles. The normalized spacial score (nSPS) is 17.3. The van der Waals surface area contributed by atoms with Gasteiger partial charge in [-0.15, -0.1) is 10.2 Å². The largest absolute Gasteiger partial charge is 0.410 e. The molecule has 1 amide bonds. The number of carbonyl (C=O) groups excluding carboxylic acids is 1. The Hall–Kier alpha value is -1.86. The van der Waals surface area contributed by atoms with Gasteiger partial charge in [-0.05, 0) is 18.1 Å². The first kappa shape index (κ1) is 16.0. The molecule has 0 saturated carbocycles. The number of thioether (sulfide) groups is 1. The second-order valence-electron chi connectivity index (χ2n) is 5.53. The van der Waals surface area contributed by atoms with Crippen LogP contribution in [0.25, 0.3) is 0 Å². The highest BCUT2D eigenvalue weighted by Crippen LogP contribution is 2.22. The number of aryl methyl sites for hydroxylation is 1. The van der Waals surface area contributed by atoms with Gasteiger partial charge >= 0.3 is 0 Å². The van der Waals surface area contributed by atoms with Crippen molar-refractivity contribution in [1.82, 2.24) is 10.2 Å². The first-order chi connectivity index (χ1) is 11.3. The quantitative estimate of drug-likeness (QED) is 0.787. The SMILES string of the molecule is CCc1ccccc1NC(=O)CSc1nnc([C@@H]2CCC[NH2+]2)o1. The van der Waals surface area contributed by atoms with Crippen molar-refractivity contribution in [2.45, 2.75) is 37.5 Å². The number of nitrogens with zero attached hydrogens (tertiary/aromatic N) is 2. The first-order valence-corrected chi connectivity index (χ1v) is 8.92. The van der Waals surface area contributed by atoms with Crippen LogP contribution in [0.1, 0.15) is 37.3 Å². The van der Waals surface area contributed by atoms with Gasteiger partial charge in [0.25, 0.3) is 11.1 Å². The van der Waals surface area contributed by atoms with Crippen LogP contribution in [0.3, 0.4) is 0 Å². The van der Waals surface area contributed by atoms with Gasteiger partial charge in [0.15, 0.2) is 6.04 Å². The van der Waals surface area contributed by atoms with E-state index in [1.807, 2.05) is 24.3 Å². The number of hydrogen-bond donors (Lipinski definition) is 2. The summed E-state index contributed by atoms with van der Waals surface area (Å²) in [7, 11) is 0. The van der Waals surface area contributed by atoms with Crippen molar-refractivity contribution in [1.29, 1.82) is 0 Å². The van der Waals surface area contributed by atoms with Gasteiger partial charge in [-0.3, -0.25) is 4.79 Å². The summed E-state index contributed by atoms with van der Waals surface area (Å²) in [5.41, 5.74) is 2.00. The van der Waals surface area contributed by atoms with E-state index in [2.05, 4.69) is 27.8 Å². The molecule has 0 spiro atoms. The van der Waals surface area contributed by atoms with E-state index in [-0.39, 0.29) is 17.7 Å². The summed E-state index contributed by atoms with van der Waals surface area (Å²) < 4.78 is 5.64. The Morgan fingerprint density at radius 3 is 3.09 bits per heavy atom. The highest BCUT2D eigenvalue weighted by Gasteiger charge is 2.26. The maximum absolute atomic E-state index is 12.1. The molecule has 0 aliphatic carbocycles. The van der Waals surface area contributed by atoms with Gasteiger partial charge in [-0.2, -0.15) is 0 Å². The molecule has 1 aliphatic heterocycles. The summed E-state index contributed by atoms with van der Waals surface area (Å²) in [5, 5.41) is 13.7. The highest BCUT2D eigenvalue weighted by atomic mass is 32.2. The number of rotatable bonds is 6. The van der Waals surface area contributed by atoms with Gasteiger partial charge in [-0.25, -0.2) is 0 Å². The first-order valence-electron chi connectivity index (χ1n) is 7.93. The third kappa shape index (κ3) is 4.11. The molecule has 1 aromatic heterocycles. The Bertz CT molecular complexity index is 668. The van der Waals surface area contributed by atoms with E-state index in [0.29, 0.717) is 11.1 Å². The van der Waals surface area contributed by atoms with E-state index >= 15 is 0 Å². The lowest BCUT2D eigenvalue weighted by molar-refractivity contribution is -0.678.